The molecule has 1 aliphatic heterocycles. The first kappa shape index (κ1) is 27.7. The zero-order valence-electron chi connectivity index (χ0n) is 19.8. The normalized spacial score (nSPS) is 23.5. The Bertz CT molecular complexity index is 899. The fourth-order valence-corrected chi connectivity index (χ4v) is 3.28. The third-order valence-electron chi connectivity index (χ3n) is 4.56. The molecule has 5 atom stereocenters. The zero-order valence-corrected chi connectivity index (χ0v) is 19.8. The molecular formula is C23H28O12. The average Bonchev–Trinajstić information content (AvgIpc) is 2.78. The standard InChI is InChI=1S/C23H28O12/c1-13(24)31-12-18-19(32-14(2)25)20(33-15(3)26)21(34-16(4)27)23(35-18)30-11-10-29-22(28)17-8-6-5-7-9-17/h5-9,18-21,23H,10-12H2,1-4H3/t18-,19-,20+,21-,23-/m1/s1. The molecule has 0 amide bonds. The molecule has 0 bridgehead atoms. The molecule has 1 heterocycles. The van der Waals surface area contributed by atoms with E-state index in [4.69, 9.17) is 33.2 Å². The van der Waals surface area contributed by atoms with E-state index in [2.05, 4.69) is 0 Å². The van der Waals surface area contributed by atoms with Gasteiger partial charge in [0.15, 0.2) is 24.6 Å². The molecule has 1 aromatic rings. The molecule has 0 spiro atoms. The minimum atomic E-state index is -1.35. The maximum absolute atomic E-state index is 12.1. The Labute approximate surface area is 201 Å². The molecule has 0 aliphatic carbocycles. The van der Waals surface area contributed by atoms with Crippen molar-refractivity contribution in [3.8, 4) is 0 Å². The summed E-state index contributed by atoms with van der Waals surface area (Å²) in [6, 6.07) is 8.30. The van der Waals surface area contributed by atoms with Crippen molar-refractivity contribution in [2.24, 2.45) is 0 Å². The summed E-state index contributed by atoms with van der Waals surface area (Å²) >= 11 is 0. The van der Waals surface area contributed by atoms with Gasteiger partial charge in [0.1, 0.15) is 19.3 Å². The van der Waals surface area contributed by atoms with Gasteiger partial charge in [-0.25, -0.2) is 4.79 Å². The van der Waals surface area contributed by atoms with Crippen LogP contribution in [0.4, 0.5) is 0 Å². The largest absolute Gasteiger partial charge is 0.463 e. The second kappa shape index (κ2) is 13.4. The number of hydrogen-bond donors (Lipinski definition) is 0. The highest BCUT2D eigenvalue weighted by atomic mass is 16.7. The van der Waals surface area contributed by atoms with Crippen molar-refractivity contribution in [1.29, 1.82) is 0 Å². The Morgan fingerprint density at radius 2 is 1.29 bits per heavy atom. The van der Waals surface area contributed by atoms with E-state index >= 15 is 0 Å². The topological polar surface area (TPSA) is 150 Å². The summed E-state index contributed by atoms with van der Waals surface area (Å²) in [5, 5.41) is 0. The smallest absolute Gasteiger partial charge is 0.338 e. The summed E-state index contributed by atoms with van der Waals surface area (Å²) in [5.41, 5.74) is 0.347. The lowest BCUT2D eigenvalue weighted by molar-refractivity contribution is -0.308. The first-order valence-corrected chi connectivity index (χ1v) is 10.7. The molecule has 0 unspecified atom stereocenters. The summed E-state index contributed by atoms with van der Waals surface area (Å²) in [6.45, 7) is 3.79. The molecule has 1 aromatic carbocycles. The number of ether oxygens (including phenoxy) is 7. The number of esters is 5. The Kier molecular flexibility index (Phi) is 10.6. The fourth-order valence-electron chi connectivity index (χ4n) is 3.28. The van der Waals surface area contributed by atoms with Crippen molar-refractivity contribution >= 4 is 29.8 Å². The quantitative estimate of drug-likeness (QED) is 0.258. The molecule has 35 heavy (non-hydrogen) atoms. The summed E-state index contributed by atoms with van der Waals surface area (Å²) in [5.74, 6) is -3.45. The highest BCUT2D eigenvalue weighted by Gasteiger charge is 2.52. The number of hydrogen-bond acceptors (Lipinski definition) is 12. The van der Waals surface area contributed by atoms with Crippen molar-refractivity contribution in [2.45, 2.75) is 58.4 Å². The van der Waals surface area contributed by atoms with Crippen LogP contribution < -0.4 is 0 Å². The van der Waals surface area contributed by atoms with Crippen LogP contribution >= 0.6 is 0 Å². The van der Waals surface area contributed by atoms with E-state index in [0.717, 1.165) is 20.8 Å². The van der Waals surface area contributed by atoms with E-state index < -0.39 is 60.6 Å². The molecule has 192 valence electrons. The van der Waals surface area contributed by atoms with Crippen LogP contribution in [0.3, 0.4) is 0 Å². The Hall–Kier alpha value is -3.51. The zero-order chi connectivity index (χ0) is 26.0. The van der Waals surface area contributed by atoms with E-state index in [1.165, 1.54) is 6.92 Å². The monoisotopic (exact) mass is 496 g/mol. The van der Waals surface area contributed by atoms with E-state index in [1.54, 1.807) is 30.3 Å². The fraction of sp³-hybridized carbons (Fsp3) is 0.522. The second-order valence-electron chi connectivity index (χ2n) is 7.44. The van der Waals surface area contributed by atoms with Crippen LogP contribution in [0.25, 0.3) is 0 Å². The number of benzene rings is 1. The van der Waals surface area contributed by atoms with Crippen LogP contribution in [-0.2, 0) is 52.3 Å². The number of rotatable bonds is 10. The van der Waals surface area contributed by atoms with E-state index in [0.29, 0.717) is 5.56 Å². The summed E-state index contributed by atoms with van der Waals surface area (Å²) in [4.78, 5) is 58.7. The lowest BCUT2D eigenvalue weighted by Gasteiger charge is -2.44. The summed E-state index contributed by atoms with van der Waals surface area (Å²) in [7, 11) is 0. The maximum Gasteiger partial charge on any atom is 0.338 e. The molecule has 12 nitrogen and oxygen atoms in total. The highest BCUT2D eigenvalue weighted by molar-refractivity contribution is 5.89. The van der Waals surface area contributed by atoms with Gasteiger partial charge < -0.3 is 33.2 Å². The van der Waals surface area contributed by atoms with Crippen LogP contribution in [0.1, 0.15) is 38.1 Å². The molecule has 12 heteroatoms. The minimum absolute atomic E-state index is 0.180. The van der Waals surface area contributed by atoms with Crippen molar-refractivity contribution in [3.05, 3.63) is 35.9 Å². The van der Waals surface area contributed by atoms with Crippen molar-refractivity contribution < 1.29 is 57.1 Å². The number of carbonyl (C=O) groups is 5. The first-order chi connectivity index (χ1) is 16.6. The van der Waals surface area contributed by atoms with E-state index in [1.807, 2.05) is 0 Å². The van der Waals surface area contributed by atoms with Gasteiger partial charge in [-0.15, -0.1) is 0 Å². The average molecular weight is 496 g/mol. The molecular weight excluding hydrogens is 468 g/mol. The van der Waals surface area contributed by atoms with Gasteiger partial charge in [-0.3, -0.25) is 19.2 Å². The molecule has 2 rings (SSSR count). The van der Waals surface area contributed by atoms with Crippen molar-refractivity contribution in [1.82, 2.24) is 0 Å². The van der Waals surface area contributed by atoms with Crippen molar-refractivity contribution in [3.63, 3.8) is 0 Å². The van der Waals surface area contributed by atoms with Crippen LogP contribution in [0.15, 0.2) is 30.3 Å². The third kappa shape index (κ3) is 8.98. The maximum atomic E-state index is 12.1. The molecule has 1 aliphatic rings. The lowest BCUT2D eigenvalue weighted by Crippen LogP contribution is -2.63. The van der Waals surface area contributed by atoms with Crippen LogP contribution in [-0.4, -0.2) is 80.4 Å². The van der Waals surface area contributed by atoms with Gasteiger partial charge >= 0.3 is 29.8 Å². The molecule has 1 fully saturated rings. The van der Waals surface area contributed by atoms with Gasteiger partial charge in [0.2, 0.25) is 0 Å². The van der Waals surface area contributed by atoms with Gasteiger partial charge in [0, 0.05) is 27.7 Å². The number of carbonyl (C=O) groups excluding carboxylic acids is 5. The van der Waals surface area contributed by atoms with Gasteiger partial charge in [-0.1, -0.05) is 18.2 Å². The molecule has 0 saturated carbocycles. The van der Waals surface area contributed by atoms with E-state index in [9.17, 15) is 24.0 Å². The van der Waals surface area contributed by atoms with E-state index in [-0.39, 0.29) is 19.8 Å². The summed E-state index contributed by atoms with van der Waals surface area (Å²) in [6.07, 6.45) is -6.44. The lowest BCUT2D eigenvalue weighted by atomic mass is 9.98. The molecule has 1 saturated heterocycles. The predicted molar refractivity (Wildman–Crippen MR) is 115 cm³/mol. The van der Waals surface area contributed by atoms with Gasteiger partial charge in [-0.05, 0) is 12.1 Å². The Morgan fingerprint density at radius 3 is 1.86 bits per heavy atom. The Balaban J connectivity index is 2.18. The predicted octanol–water partition coefficient (Wildman–Crippen LogP) is 0.943. The molecule has 0 aromatic heterocycles. The second-order valence-corrected chi connectivity index (χ2v) is 7.44. The van der Waals surface area contributed by atoms with Crippen LogP contribution in [0.2, 0.25) is 0 Å². The van der Waals surface area contributed by atoms with Crippen molar-refractivity contribution in [2.75, 3.05) is 19.8 Å². The van der Waals surface area contributed by atoms with Crippen LogP contribution in [0.5, 0.6) is 0 Å². The van der Waals surface area contributed by atoms with Gasteiger partial charge in [0.05, 0.1) is 12.2 Å². The highest BCUT2D eigenvalue weighted by Crippen LogP contribution is 2.30. The summed E-state index contributed by atoms with van der Waals surface area (Å²) < 4.78 is 37.4. The minimum Gasteiger partial charge on any atom is -0.463 e. The van der Waals surface area contributed by atoms with Gasteiger partial charge in [-0.2, -0.15) is 0 Å². The SMILES string of the molecule is CC(=O)OC[C@H]1O[C@@H](OCCOC(=O)c2ccccc2)[C@H](OC(C)=O)[C@@H](OC(C)=O)[C@@H]1OC(C)=O. The molecule has 0 N–H and O–H groups in total. The van der Waals surface area contributed by atoms with Crippen LogP contribution in [0, 0.1) is 0 Å². The first-order valence-electron chi connectivity index (χ1n) is 10.7. The Morgan fingerprint density at radius 1 is 0.714 bits per heavy atom. The van der Waals surface area contributed by atoms with Gasteiger partial charge in [0.25, 0.3) is 0 Å². The third-order valence-corrected chi connectivity index (χ3v) is 4.56. The molecule has 0 radical (unpaired) electrons.